The molecule has 3 N–H and O–H groups in total. The fraction of sp³-hybridized carbons (Fsp3) is 0.417. The van der Waals surface area contributed by atoms with Gasteiger partial charge in [-0.15, -0.1) is 0 Å². The largest absolute Gasteiger partial charge is 0.399 e. The van der Waals surface area contributed by atoms with E-state index in [4.69, 9.17) is 5.73 Å². The number of benzene rings is 1. The maximum absolute atomic E-state index is 12.0. The molecular formula is C12H16N2O3S. The van der Waals surface area contributed by atoms with E-state index in [2.05, 4.69) is 5.32 Å². The fourth-order valence-corrected chi connectivity index (χ4v) is 3.79. The predicted molar refractivity (Wildman–Crippen MR) is 70.1 cm³/mol. The molecule has 98 valence electrons. The molecule has 6 heteroatoms. The maximum Gasteiger partial charge on any atom is 0.251 e. The molecule has 0 aromatic heterocycles. The highest BCUT2D eigenvalue weighted by Crippen LogP contribution is 2.15. The molecule has 1 aliphatic heterocycles. The van der Waals surface area contributed by atoms with Crippen molar-refractivity contribution in [2.45, 2.75) is 19.4 Å². The quantitative estimate of drug-likeness (QED) is 0.764. The number of amides is 1. The van der Waals surface area contributed by atoms with Gasteiger partial charge in [-0.05, 0) is 37.1 Å². The van der Waals surface area contributed by atoms with Crippen LogP contribution in [0.25, 0.3) is 0 Å². The zero-order chi connectivity index (χ0) is 13.3. The molecule has 1 atom stereocenters. The summed E-state index contributed by atoms with van der Waals surface area (Å²) in [5.41, 5.74) is 7.54. The van der Waals surface area contributed by atoms with Gasteiger partial charge in [-0.3, -0.25) is 4.79 Å². The van der Waals surface area contributed by atoms with Gasteiger partial charge in [-0.1, -0.05) is 0 Å². The lowest BCUT2D eigenvalue weighted by atomic mass is 10.1. The van der Waals surface area contributed by atoms with Gasteiger partial charge in [0, 0.05) is 17.3 Å². The Morgan fingerprint density at radius 3 is 2.72 bits per heavy atom. The molecule has 0 radical (unpaired) electrons. The molecule has 1 amide bonds. The first-order valence-electron chi connectivity index (χ1n) is 5.75. The number of rotatable bonds is 2. The van der Waals surface area contributed by atoms with Crippen LogP contribution in [0.3, 0.4) is 0 Å². The molecule has 0 spiro atoms. The van der Waals surface area contributed by atoms with E-state index in [1.807, 2.05) is 0 Å². The van der Waals surface area contributed by atoms with E-state index in [1.165, 1.54) is 0 Å². The molecule has 0 saturated carbocycles. The van der Waals surface area contributed by atoms with E-state index in [9.17, 15) is 13.2 Å². The Hall–Kier alpha value is -1.56. The first-order chi connectivity index (χ1) is 8.37. The molecule has 18 heavy (non-hydrogen) atoms. The summed E-state index contributed by atoms with van der Waals surface area (Å²) in [7, 11) is -2.97. The highest BCUT2D eigenvalue weighted by molar-refractivity contribution is 7.91. The average molecular weight is 268 g/mol. The number of anilines is 1. The van der Waals surface area contributed by atoms with E-state index >= 15 is 0 Å². The topological polar surface area (TPSA) is 89.3 Å². The van der Waals surface area contributed by atoms with Gasteiger partial charge < -0.3 is 11.1 Å². The lowest BCUT2D eigenvalue weighted by Crippen LogP contribution is -2.35. The Morgan fingerprint density at radius 2 is 2.17 bits per heavy atom. The van der Waals surface area contributed by atoms with Crippen molar-refractivity contribution < 1.29 is 13.2 Å². The number of hydrogen-bond donors (Lipinski definition) is 2. The lowest BCUT2D eigenvalue weighted by Gasteiger charge is -2.12. The van der Waals surface area contributed by atoms with Gasteiger partial charge in [0.15, 0.2) is 9.84 Å². The van der Waals surface area contributed by atoms with Crippen LogP contribution in [0.4, 0.5) is 5.69 Å². The van der Waals surface area contributed by atoms with Gasteiger partial charge in [0.2, 0.25) is 0 Å². The molecule has 1 heterocycles. The Bertz CT molecular complexity index is 581. The molecule has 1 saturated heterocycles. The van der Waals surface area contributed by atoms with Crippen molar-refractivity contribution in [3.63, 3.8) is 0 Å². The number of sulfone groups is 1. The fourth-order valence-electron chi connectivity index (χ4n) is 2.11. The van der Waals surface area contributed by atoms with Crippen LogP contribution in [0.15, 0.2) is 18.2 Å². The summed E-state index contributed by atoms with van der Waals surface area (Å²) >= 11 is 0. The highest BCUT2D eigenvalue weighted by Gasteiger charge is 2.29. The number of nitrogens with one attached hydrogen (secondary N) is 1. The van der Waals surface area contributed by atoms with Crippen molar-refractivity contribution in [2.24, 2.45) is 0 Å². The Kier molecular flexibility index (Phi) is 3.30. The second-order valence-corrected chi connectivity index (χ2v) is 6.88. The van der Waals surface area contributed by atoms with Crippen molar-refractivity contribution >= 4 is 21.4 Å². The Labute approximate surface area is 106 Å². The summed E-state index contributed by atoms with van der Waals surface area (Å²) in [6.45, 7) is 1.80. The van der Waals surface area contributed by atoms with E-state index in [1.54, 1.807) is 25.1 Å². The normalized spacial score (nSPS) is 21.7. The number of aryl methyl sites for hydroxylation is 1. The van der Waals surface area contributed by atoms with Crippen molar-refractivity contribution in [1.82, 2.24) is 5.32 Å². The number of hydrogen-bond acceptors (Lipinski definition) is 4. The SMILES string of the molecule is Cc1cc(N)ccc1C(=O)NC1CCS(=O)(=O)C1. The zero-order valence-corrected chi connectivity index (χ0v) is 11.0. The van der Waals surface area contributed by atoms with Crippen LogP contribution in [0.1, 0.15) is 22.3 Å². The van der Waals surface area contributed by atoms with Gasteiger partial charge in [0.05, 0.1) is 11.5 Å². The van der Waals surface area contributed by atoms with Gasteiger partial charge in [-0.25, -0.2) is 8.42 Å². The molecule has 1 aromatic rings. The molecule has 5 nitrogen and oxygen atoms in total. The third kappa shape index (κ3) is 2.81. The first-order valence-corrected chi connectivity index (χ1v) is 7.57. The van der Waals surface area contributed by atoms with Gasteiger partial charge in [0.1, 0.15) is 0 Å². The molecule has 1 aromatic carbocycles. The summed E-state index contributed by atoms with van der Waals surface area (Å²) in [5.74, 6) is -0.0552. The van der Waals surface area contributed by atoms with Crippen molar-refractivity contribution in [2.75, 3.05) is 17.2 Å². The second kappa shape index (κ2) is 4.61. The highest BCUT2D eigenvalue weighted by atomic mass is 32.2. The molecular weight excluding hydrogens is 252 g/mol. The maximum atomic E-state index is 12.0. The van der Waals surface area contributed by atoms with Gasteiger partial charge in [-0.2, -0.15) is 0 Å². The lowest BCUT2D eigenvalue weighted by molar-refractivity contribution is 0.0940. The number of nitrogen functional groups attached to an aromatic ring is 1. The van der Waals surface area contributed by atoms with E-state index in [-0.39, 0.29) is 23.5 Å². The van der Waals surface area contributed by atoms with Crippen LogP contribution < -0.4 is 11.1 Å². The van der Waals surface area contributed by atoms with Crippen LogP contribution in [0, 0.1) is 6.92 Å². The standard InChI is InChI=1S/C12H16N2O3S/c1-8-6-9(13)2-3-11(8)12(15)14-10-4-5-18(16,17)7-10/h2-3,6,10H,4-5,7,13H2,1H3,(H,14,15). The van der Waals surface area contributed by atoms with Crippen molar-refractivity contribution in [3.8, 4) is 0 Å². The molecule has 1 aliphatic rings. The molecule has 1 unspecified atom stereocenters. The van der Waals surface area contributed by atoms with Crippen LogP contribution in [0.2, 0.25) is 0 Å². The van der Waals surface area contributed by atoms with Crippen molar-refractivity contribution in [1.29, 1.82) is 0 Å². The summed E-state index contributed by atoms with van der Waals surface area (Å²) in [5, 5.41) is 2.75. The van der Waals surface area contributed by atoms with Crippen LogP contribution in [-0.2, 0) is 9.84 Å². The van der Waals surface area contributed by atoms with E-state index in [0.717, 1.165) is 5.56 Å². The second-order valence-electron chi connectivity index (χ2n) is 4.65. The predicted octanol–water partition coefficient (Wildman–Crippen LogP) is 0.494. The minimum Gasteiger partial charge on any atom is -0.399 e. The summed E-state index contributed by atoms with van der Waals surface area (Å²) in [6.07, 6.45) is 0.488. The van der Waals surface area contributed by atoms with Crippen LogP contribution >= 0.6 is 0 Å². The minimum absolute atomic E-state index is 0.0345. The molecule has 2 rings (SSSR count). The molecule has 0 aliphatic carbocycles. The van der Waals surface area contributed by atoms with Crippen LogP contribution in [-0.4, -0.2) is 31.9 Å². The smallest absolute Gasteiger partial charge is 0.251 e. The summed E-state index contributed by atoms with van der Waals surface area (Å²) in [4.78, 5) is 12.0. The number of nitrogens with two attached hydrogens (primary N) is 1. The third-order valence-corrected chi connectivity index (χ3v) is 4.83. The summed E-state index contributed by atoms with van der Waals surface area (Å²) < 4.78 is 22.6. The molecule has 1 fully saturated rings. The zero-order valence-electron chi connectivity index (χ0n) is 10.1. The first kappa shape index (κ1) is 12.9. The van der Waals surface area contributed by atoms with Gasteiger partial charge >= 0.3 is 0 Å². The number of carbonyl (C=O) groups excluding carboxylic acids is 1. The third-order valence-electron chi connectivity index (χ3n) is 3.06. The number of carbonyl (C=O) groups is 1. The minimum atomic E-state index is -2.97. The van der Waals surface area contributed by atoms with Crippen LogP contribution in [0.5, 0.6) is 0 Å². The van der Waals surface area contributed by atoms with E-state index < -0.39 is 9.84 Å². The van der Waals surface area contributed by atoms with Crippen molar-refractivity contribution in [3.05, 3.63) is 29.3 Å². The van der Waals surface area contributed by atoms with Gasteiger partial charge in [0.25, 0.3) is 5.91 Å². The Morgan fingerprint density at radius 1 is 1.44 bits per heavy atom. The average Bonchev–Trinajstić information content (AvgIpc) is 2.57. The monoisotopic (exact) mass is 268 g/mol. The summed E-state index contributed by atoms with van der Waals surface area (Å²) in [6, 6.07) is 4.76. The van der Waals surface area contributed by atoms with E-state index in [0.29, 0.717) is 17.7 Å². The Balaban J connectivity index is 2.09. The molecule has 0 bridgehead atoms.